The van der Waals surface area contributed by atoms with Crippen LogP contribution in [0.4, 0.5) is 11.5 Å². The number of benzene rings is 1. The van der Waals surface area contributed by atoms with Crippen molar-refractivity contribution in [3.8, 4) is 0 Å². The molecule has 0 saturated carbocycles. The Hall–Kier alpha value is -2.40. The van der Waals surface area contributed by atoms with Gasteiger partial charge in [0.05, 0.1) is 11.9 Å². The quantitative estimate of drug-likeness (QED) is 0.824. The molecule has 0 radical (unpaired) electrons. The first-order valence-electron chi connectivity index (χ1n) is 7.86. The SMILES string of the molecule is CC(C)N(Cc1ccccc1)c1ccc(NC(=O)CCN)nc1. The van der Waals surface area contributed by atoms with E-state index in [1.807, 2.05) is 30.3 Å². The summed E-state index contributed by atoms with van der Waals surface area (Å²) in [6.45, 7) is 5.46. The summed E-state index contributed by atoms with van der Waals surface area (Å²) in [5.74, 6) is 0.438. The first-order valence-corrected chi connectivity index (χ1v) is 7.86. The second kappa shape index (κ2) is 8.29. The Bertz CT molecular complexity index is 611. The molecule has 0 fully saturated rings. The number of aromatic nitrogens is 1. The number of rotatable bonds is 7. The Labute approximate surface area is 137 Å². The van der Waals surface area contributed by atoms with Crippen LogP contribution < -0.4 is 16.0 Å². The molecule has 5 nitrogen and oxygen atoms in total. The molecule has 1 heterocycles. The molecule has 0 aliphatic carbocycles. The molecule has 2 aromatic rings. The third-order valence-corrected chi connectivity index (χ3v) is 3.54. The average molecular weight is 312 g/mol. The lowest BCUT2D eigenvalue weighted by Crippen LogP contribution is -2.30. The van der Waals surface area contributed by atoms with Crippen molar-refractivity contribution in [2.45, 2.75) is 32.9 Å². The fourth-order valence-electron chi connectivity index (χ4n) is 2.32. The van der Waals surface area contributed by atoms with Crippen LogP contribution in [0.25, 0.3) is 0 Å². The first kappa shape index (κ1) is 17.0. The Morgan fingerprint density at radius 3 is 2.52 bits per heavy atom. The summed E-state index contributed by atoms with van der Waals surface area (Å²) in [6, 6.07) is 14.5. The van der Waals surface area contributed by atoms with Gasteiger partial charge in [0.15, 0.2) is 0 Å². The highest BCUT2D eigenvalue weighted by Crippen LogP contribution is 2.20. The van der Waals surface area contributed by atoms with Gasteiger partial charge in [-0.15, -0.1) is 0 Å². The minimum atomic E-state index is -0.113. The third-order valence-electron chi connectivity index (χ3n) is 3.54. The maximum atomic E-state index is 11.5. The molecule has 122 valence electrons. The molecule has 0 unspecified atom stereocenters. The Morgan fingerprint density at radius 2 is 1.96 bits per heavy atom. The van der Waals surface area contributed by atoms with E-state index < -0.39 is 0 Å². The number of carbonyl (C=O) groups excluding carboxylic acids is 1. The number of hydrogen-bond donors (Lipinski definition) is 2. The zero-order valence-electron chi connectivity index (χ0n) is 13.7. The van der Waals surface area contributed by atoms with Gasteiger partial charge >= 0.3 is 0 Å². The lowest BCUT2D eigenvalue weighted by molar-refractivity contribution is -0.116. The minimum absolute atomic E-state index is 0.113. The number of hydrogen-bond acceptors (Lipinski definition) is 4. The first-order chi connectivity index (χ1) is 11.1. The summed E-state index contributed by atoms with van der Waals surface area (Å²) in [6.07, 6.45) is 2.09. The number of carbonyl (C=O) groups is 1. The predicted octanol–water partition coefficient (Wildman–Crippen LogP) is 2.78. The van der Waals surface area contributed by atoms with Gasteiger partial charge in [0, 0.05) is 25.6 Å². The number of anilines is 2. The average Bonchev–Trinajstić information content (AvgIpc) is 2.54. The molecule has 1 amide bonds. The molecule has 23 heavy (non-hydrogen) atoms. The molecule has 0 spiro atoms. The fraction of sp³-hybridized carbons (Fsp3) is 0.333. The largest absolute Gasteiger partial charge is 0.364 e. The molecule has 3 N–H and O–H groups in total. The number of nitrogens with zero attached hydrogens (tertiary/aromatic N) is 2. The van der Waals surface area contributed by atoms with E-state index in [9.17, 15) is 4.79 Å². The summed E-state index contributed by atoms with van der Waals surface area (Å²) in [5, 5.41) is 2.74. The van der Waals surface area contributed by atoms with Gasteiger partial charge in [0.25, 0.3) is 0 Å². The van der Waals surface area contributed by atoms with Crippen LogP contribution in [0.5, 0.6) is 0 Å². The van der Waals surface area contributed by atoms with Crippen LogP contribution in [0.15, 0.2) is 48.7 Å². The van der Waals surface area contributed by atoms with Gasteiger partial charge < -0.3 is 16.0 Å². The topological polar surface area (TPSA) is 71.2 Å². The van der Waals surface area contributed by atoms with Crippen LogP contribution in [0.3, 0.4) is 0 Å². The van der Waals surface area contributed by atoms with E-state index in [1.54, 1.807) is 6.20 Å². The summed E-state index contributed by atoms with van der Waals surface area (Å²) in [4.78, 5) is 18.1. The molecule has 0 aliphatic rings. The van der Waals surface area contributed by atoms with Crippen molar-refractivity contribution in [2.24, 2.45) is 5.73 Å². The van der Waals surface area contributed by atoms with Gasteiger partial charge in [0.1, 0.15) is 5.82 Å². The number of amides is 1. The van der Waals surface area contributed by atoms with E-state index in [0.29, 0.717) is 24.8 Å². The lowest BCUT2D eigenvalue weighted by atomic mass is 10.1. The molecular formula is C18H24N4O. The monoisotopic (exact) mass is 312 g/mol. The summed E-state index contributed by atoms with van der Waals surface area (Å²) >= 11 is 0. The molecule has 2 rings (SSSR count). The van der Waals surface area contributed by atoms with Crippen LogP contribution in [0, 0.1) is 0 Å². The summed E-state index contributed by atoms with van der Waals surface area (Å²) < 4.78 is 0. The van der Waals surface area contributed by atoms with E-state index in [0.717, 1.165) is 12.2 Å². The maximum absolute atomic E-state index is 11.5. The predicted molar refractivity (Wildman–Crippen MR) is 94.3 cm³/mol. The smallest absolute Gasteiger partial charge is 0.226 e. The molecule has 0 aliphatic heterocycles. The second-order valence-electron chi connectivity index (χ2n) is 5.70. The van der Waals surface area contributed by atoms with E-state index in [4.69, 9.17) is 5.73 Å². The van der Waals surface area contributed by atoms with E-state index >= 15 is 0 Å². The van der Waals surface area contributed by atoms with Crippen molar-refractivity contribution in [3.63, 3.8) is 0 Å². The van der Waals surface area contributed by atoms with Crippen LogP contribution in [0.2, 0.25) is 0 Å². The zero-order valence-corrected chi connectivity index (χ0v) is 13.7. The third kappa shape index (κ3) is 5.07. The van der Waals surface area contributed by atoms with Gasteiger partial charge in [-0.3, -0.25) is 4.79 Å². The van der Waals surface area contributed by atoms with Gasteiger partial charge in [-0.05, 0) is 31.5 Å². The van der Waals surface area contributed by atoms with Crippen LogP contribution in [-0.2, 0) is 11.3 Å². The lowest BCUT2D eigenvalue weighted by Gasteiger charge is -2.29. The molecule has 1 aromatic carbocycles. The molecule has 0 atom stereocenters. The van der Waals surface area contributed by atoms with Crippen molar-refractivity contribution in [2.75, 3.05) is 16.8 Å². The summed E-state index contributed by atoms with van der Waals surface area (Å²) in [7, 11) is 0. The number of nitrogens with two attached hydrogens (primary N) is 1. The van der Waals surface area contributed by atoms with Crippen LogP contribution in [0.1, 0.15) is 25.8 Å². The highest BCUT2D eigenvalue weighted by molar-refractivity contribution is 5.89. The van der Waals surface area contributed by atoms with E-state index in [1.165, 1.54) is 5.56 Å². The Kier molecular flexibility index (Phi) is 6.11. The fourth-order valence-corrected chi connectivity index (χ4v) is 2.32. The minimum Gasteiger partial charge on any atom is -0.364 e. The van der Waals surface area contributed by atoms with Gasteiger partial charge in [-0.2, -0.15) is 0 Å². The van der Waals surface area contributed by atoms with Crippen molar-refractivity contribution in [1.29, 1.82) is 0 Å². The standard InChI is InChI=1S/C18H24N4O/c1-14(2)22(13-15-6-4-3-5-7-15)16-8-9-17(20-12-16)21-18(23)10-11-19/h3-9,12,14H,10-11,13,19H2,1-2H3,(H,20,21,23). The Balaban J connectivity index is 2.09. The zero-order chi connectivity index (χ0) is 16.7. The van der Waals surface area contributed by atoms with Gasteiger partial charge in [-0.1, -0.05) is 30.3 Å². The number of nitrogens with one attached hydrogen (secondary N) is 1. The molecule has 0 bridgehead atoms. The van der Waals surface area contributed by atoms with Crippen molar-refractivity contribution in [1.82, 2.24) is 4.98 Å². The van der Waals surface area contributed by atoms with Crippen LogP contribution >= 0.6 is 0 Å². The van der Waals surface area contributed by atoms with Crippen molar-refractivity contribution in [3.05, 3.63) is 54.2 Å². The van der Waals surface area contributed by atoms with Gasteiger partial charge in [0.2, 0.25) is 5.91 Å². The van der Waals surface area contributed by atoms with Crippen molar-refractivity contribution < 1.29 is 4.79 Å². The number of pyridine rings is 1. The van der Waals surface area contributed by atoms with E-state index in [-0.39, 0.29) is 5.91 Å². The maximum Gasteiger partial charge on any atom is 0.226 e. The normalized spacial score (nSPS) is 10.6. The van der Waals surface area contributed by atoms with Crippen LogP contribution in [-0.4, -0.2) is 23.5 Å². The molecule has 1 aromatic heterocycles. The molecule has 5 heteroatoms. The highest BCUT2D eigenvalue weighted by Gasteiger charge is 2.12. The molecular weight excluding hydrogens is 288 g/mol. The van der Waals surface area contributed by atoms with Gasteiger partial charge in [-0.25, -0.2) is 4.98 Å². The highest BCUT2D eigenvalue weighted by atomic mass is 16.1. The summed E-state index contributed by atoms with van der Waals surface area (Å²) in [5.41, 5.74) is 7.65. The Morgan fingerprint density at radius 1 is 1.22 bits per heavy atom. The second-order valence-corrected chi connectivity index (χ2v) is 5.70. The van der Waals surface area contributed by atoms with Crippen molar-refractivity contribution >= 4 is 17.4 Å². The molecule has 0 saturated heterocycles. The van der Waals surface area contributed by atoms with E-state index in [2.05, 4.69) is 41.2 Å².